The van der Waals surface area contributed by atoms with Gasteiger partial charge in [-0.2, -0.15) is 0 Å². The van der Waals surface area contributed by atoms with Crippen molar-refractivity contribution in [2.75, 3.05) is 19.6 Å². The second kappa shape index (κ2) is 5.56. The summed E-state index contributed by atoms with van der Waals surface area (Å²) in [4.78, 5) is 22.6. The fraction of sp³-hybridized carbons (Fsp3) is 0.278. The number of rotatable bonds is 4. The molecule has 4 aromatic rings. The lowest BCUT2D eigenvalue weighted by Gasteiger charge is -2.17. The number of likely N-dealkylation sites (tertiary alicyclic amines) is 1. The molecule has 7 nitrogen and oxygen atoms in total. The number of hydrogen-bond donors (Lipinski definition) is 2. The van der Waals surface area contributed by atoms with Gasteiger partial charge in [0.25, 0.3) is 0 Å². The molecule has 0 saturated carbocycles. The van der Waals surface area contributed by atoms with Gasteiger partial charge in [0.1, 0.15) is 11.2 Å². The molecule has 1 aliphatic rings. The van der Waals surface area contributed by atoms with Gasteiger partial charge in [-0.05, 0) is 12.5 Å². The number of pyridine rings is 1. The molecule has 5 rings (SSSR count). The average molecular weight is 333 g/mol. The molecule has 126 valence electrons. The largest absolute Gasteiger partial charge is 0.346 e. The summed E-state index contributed by atoms with van der Waals surface area (Å²) in [6.45, 7) is 6.83. The number of nitrogens with zero attached hydrogens (tertiary/aromatic N) is 5. The van der Waals surface area contributed by atoms with Crippen LogP contribution in [0.5, 0.6) is 0 Å². The Morgan fingerprint density at radius 1 is 1.28 bits per heavy atom. The molecule has 0 aliphatic carbocycles. The number of aromatic amines is 2. The zero-order valence-electron chi connectivity index (χ0n) is 13.8. The van der Waals surface area contributed by atoms with Crippen molar-refractivity contribution >= 4 is 22.1 Å². The highest BCUT2D eigenvalue weighted by Crippen LogP contribution is 2.34. The smallest absolute Gasteiger partial charge is 0.177 e. The summed E-state index contributed by atoms with van der Waals surface area (Å²) in [5, 5.41) is 1.10. The fourth-order valence-corrected chi connectivity index (χ4v) is 3.87. The first kappa shape index (κ1) is 14.4. The minimum atomic E-state index is 0.352. The molecular formula is C18H19N7. The normalized spacial score (nSPS) is 18.5. The fourth-order valence-electron chi connectivity index (χ4n) is 3.87. The zero-order valence-corrected chi connectivity index (χ0v) is 13.8. The van der Waals surface area contributed by atoms with E-state index < -0.39 is 0 Å². The Labute approximate surface area is 144 Å². The van der Waals surface area contributed by atoms with Crippen LogP contribution in [0.1, 0.15) is 12.5 Å². The van der Waals surface area contributed by atoms with E-state index in [1.165, 1.54) is 0 Å². The molecule has 0 spiro atoms. The van der Waals surface area contributed by atoms with Crippen molar-refractivity contribution in [2.45, 2.75) is 12.5 Å². The lowest BCUT2D eigenvalue weighted by atomic mass is 10.2. The summed E-state index contributed by atoms with van der Waals surface area (Å²) < 4.78 is 2.34. The molecule has 0 aromatic carbocycles. The highest BCUT2D eigenvalue weighted by atomic mass is 15.2. The van der Waals surface area contributed by atoms with Crippen molar-refractivity contribution in [2.24, 2.45) is 0 Å². The molecule has 1 fully saturated rings. The number of H-pyrrole nitrogens is 2. The van der Waals surface area contributed by atoms with Gasteiger partial charge in [0.2, 0.25) is 0 Å². The van der Waals surface area contributed by atoms with E-state index >= 15 is 0 Å². The second-order valence-corrected chi connectivity index (χ2v) is 6.47. The van der Waals surface area contributed by atoms with E-state index in [0.717, 1.165) is 59.8 Å². The maximum absolute atomic E-state index is 4.85. The molecule has 0 radical (unpaired) electrons. The Bertz CT molecular complexity index is 1040. The Balaban J connectivity index is 1.75. The molecule has 25 heavy (non-hydrogen) atoms. The van der Waals surface area contributed by atoms with Crippen molar-refractivity contribution in [3.05, 3.63) is 43.5 Å². The first-order chi connectivity index (χ1) is 12.3. The predicted octanol–water partition coefficient (Wildman–Crippen LogP) is 2.74. The summed E-state index contributed by atoms with van der Waals surface area (Å²) in [5.41, 5.74) is 2.92. The number of nitrogens with one attached hydrogen (secondary N) is 2. The van der Waals surface area contributed by atoms with Crippen LogP contribution >= 0.6 is 0 Å². The van der Waals surface area contributed by atoms with Gasteiger partial charge in [0.05, 0.1) is 11.7 Å². The molecule has 0 bridgehead atoms. The number of imidazole rings is 2. The van der Waals surface area contributed by atoms with Crippen LogP contribution in [0.3, 0.4) is 0 Å². The standard InChI is InChI=1S/C18H19N7/c1-2-8-24-9-4-12(11-24)25-15-13-3-5-19-16(13)22-10-14(15)23-18(25)17-20-6-7-21-17/h2-3,5-7,10,12H,1,4,8-9,11H2,(H,19,22)(H,20,21)/t12-/m1/s1. The minimum Gasteiger partial charge on any atom is -0.346 e. The molecule has 0 amide bonds. The van der Waals surface area contributed by atoms with Crippen LogP contribution in [0, 0.1) is 0 Å². The topological polar surface area (TPSA) is 78.4 Å². The summed E-state index contributed by atoms with van der Waals surface area (Å²) in [7, 11) is 0. The highest BCUT2D eigenvalue weighted by Gasteiger charge is 2.29. The van der Waals surface area contributed by atoms with E-state index in [1.54, 1.807) is 6.20 Å². The van der Waals surface area contributed by atoms with Gasteiger partial charge in [-0.3, -0.25) is 4.90 Å². The van der Waals surface area contributed by atoms with Crippen LogP contribution in [-0.4, -0.2) is 54.0 Å². The van der Waals surface area contributed by atoms with Crippen LogP contribution in [0.25, 0.3) is 33.7 Å². The van der Waals surface area contributed by atoms with Crippen LogP contribution in [0.15, 0.2) is 43.5 Å². The molecule has 5 heterocycles. The zero-order chi connectivity index (χ0) is 16.8. The van der Waals surface area contributed by atoms with Crippen LogP contribution in [-0.2, 0) is 0 Å². The molecule has 1 atom stereocenters. The maximum Gasteiger partial charge on any atom is 0.177 e. The molecule has 7 heteroatoms. The van der Waals surface area contributed by atoms with Crippen molar-refractivity contribution in [1.82, 2.24) is 34.4 Å². The van der Waals surface area contributed by atoms with Crippen molar-refractivity contribution in [3.63, 3.8) is 0 Å². The SMILES string of the molecule is C=CCN1CC[C@@H](n2c(-c3ncc[nH]3)nc3cnc4[nH]ccc4c32)C1. The Morgan fingerprint density at radius 3 is 3.08 bits per heavy atom. The molecular weight excluding hydrogens is 314 g/mol. The Kier molecular flexibility index (Phi) is 3.21. The van der Waals surface area contributed by atoms with Gasteiger partial charge in [-0.1, -0.05) is 6.08 Å². The van der Waals surface area contributed by atoms with Gasteiger partial charge in [-0.15, -0.1) is 6.58 Å². The van der Waals surface area contributed by atoms with Gasteiger partial charge < -0.3 is 14.5 Å². The summed E-state index contributed by atoms with van der Waals surface area (Å²) in [5.74, 6) is 1.67. The van der Waals surface area contributed by atoms with Crippen molar-refractivity contribution in [3.8, 4) is 11.6 Å². The van der Waals surface area contributed by atoms with Crippen molar-refractivity contribution in [1.29, 1.82) is 0 Å². The number of fused-ring (bicyclic) bond motifs is 3. The van der Waals surface area contributed by atoms with Gasteiger partial charge >= 0.3 is 0 Å². The van der Waals surface area contributed by atoms with E-state index in [4.69, 9.17) is 4.98 Å². The number of hydrogen-bond acceptors (Lipinski definition) is 4. The third kappa shape index (κ3) is 2.20. The van der Waals surface area contributed by atoms with Gasteiger partial charge in [0.15, 0.2) is 11.6 Å². The molecule has 4 aromatic heterocycles. The summed E-state index contributed by atoms with van der Waals surface area (Å²) in [6, 6.07) is 2.43. The molecule has 1 aliphatic heterocycles. The van der Waals surface area contributed by atoms with E-state index in [2.05, 4.69) is 42.0 Å². The third-order valence-corrected chi connectivity index (χ3v) is 4.94. The van der Waals surface area contributed by atoms with Crippen molar-refractivity contribution < 1.29 is 0 Å². The van der Waals surface area contributed by atoms with E-state index in [1.807, 2.05) is 24.7 Å². The van der Waals surface area contributed by atoms with Crippen LogP contribution in [0.4, 0.5) is 0 Å². The molecule has 2 N–H and O–H groups in total. The average Bonchev–Trinajstić information content (AvgIpc) is 3.38. The van der Waals surface area contributed by atoms with Gasteiger partial charge in [-0.25, -0.2) is 15.0 Å². The second-order valence-electron chi connectivity index (χ2n) is 6.47. The lowest BCUT2D eigenvalue weighted by molar-refractivity contribution is 0.360. The number of aromatic nitrogens is 6. The van der Waals surface area contributed by atoms with Gasteiger partial charge in [0, 0.05) is 49.7 Å². The minimum absolute atomic E-state index is 0.352. The first-order valence-electron chi connectivity index (χ1n) is 8.52. The third-order valence-electron chi connectivity index (χ3n) is 4.94. The Morgan fingerprint density at radius 2 is 2.24 bits per heavy atom. The van der Waals surface area contributed by atoms with E-state index in [9.17, 15) is 0 Å². The lowest BCUT2D eigenvalue weighted by Crippen LogP contribution is -2.21. The van der Waals surface area contributed by atoms with Crippen LogP contribution < -0.4 is 0 Å². The predicted molar refractivity (Wildman–Crippen MR) is 97.3 cm³/mol. The summed E-state index contributed by atoms with van der Waals surface area (Å²) >= 11 is 0. The first-order valence-corrected chi connectivity index (χ1v) is 8.52. The Hall–Kier alpha value is -2.93. The van der Waals surface area contributed by atoms with E-state index in [-0.39, 0.29) is 0 Å². The maximum atomic E-state index is 4.85. The summed E-state index contributed by atoms with van der Waals surface area (Å²) in [6.07, 6.45) is 10.4. The highest BCUT2D eigenvalue weighted by molar-refractivity contribution is 6.02. The monoisotopic (exact) mass is 333 g/mol. The quantitative estimate of drug-likeness (QED) is 0.563. The van der Waals surface area contributed by atoms with Crippen LogP contribution in [0.2, 0.25) is 0 Å². The molecule has 1 saturated heterocycles. The van der Waals surface area contributed by atoms with E-state index in [0.29, 0.717) is 6.04 Å². The molecule has 0 unspecified atom stereocenters.